The summed E-state index contributed by atoms with van der Waals surface area (Å²) in [7, 11) is 1.98. The number of hydrogen-bond acceptors (Lipinski definition) is 5. The van der Waals surface area contributed by atoms with Gasteiger partial charge in [-0.15, -0.1) is 5.48 Å². The van der Waals surface area contributed by atoms with Crippen LogP contribution in [0.5, 0.6) is 0 Å². The van der Waals surface area contributed by atoms with Gasteiger partial charge in [0.05, 0.1) is 16.3 Å². The second kappa shape index (κ2) is 5.19. The van der Waals surface area contributed by atoms with Crippen LogP contribution in [0, 0.1) is 0 Å². The lowest BCUT2D eigenvalue weighted by Gasteiger charge is -2.17. The van der Waals surface area contributed by atoms with Crippen molar-refractivity contribution in [2.75, 3.05) is 11.9 Å². The molecule has 0 saturated carbocycles. The van der Waals surface area contributed by atoms with Crippen molar-refractivity contribution in [1.29, 1.82) is 0 Å². The SMILES string of the molecule is CN1C(=C2C(=O)ONC2c2ccccc2)Sc2ccccc21. The van der Waals surface area contributed by atoms with E-state index in [4.69, 9.17) is 4.84 Å². The van der Waals surface area contributed by atoms with E-state index in [1.54, 1.807) is 11.8 Å². The first-order valence-electron chi connectivity index (χ1n) is 7.02. The summed E-state index contributed by atoms with van der Waals surface area (Å²) < 4.78 is 0. The molecule has 1 saturated heterocycles. The summed E-state index contributed by atoms with van der Waals surface area (Å²) in [5, 5.41) is 0.921. The summed E-state index contributed by atoms with van der Waals surface area (Å²) >= 11 is 1.61. The van der Waals surface area contributed by atoms with Gasteiger partial charge in [-0.2, -0.15) is 0 Å². The highest BCUT2D eigenvalue weighted by Crippen LogP contribution is 2.48. The summed E-state index contributed by atoms with van der Waals surface area (Å²) in [4.78, 5) is 20.6. The number of nitrogens with one attached hydrogen (secondary N) is 1. The van der Waals surface area contributed by atoms with E-state index in [1.165, 1.54) is 0 Å². The highest BCUT2D eigenvalue weighted by Gasteiger charge is 2.38. The lowest BCUT2D eigenvalue weighted by atomic mass is 10.0. The van der Waals surface area contributed by atoms with E-state index < -0.39 is 0 Å². The second-order valence-electron chi connectivity index (χ2n) is 5.20. The molecule has 0 spiro atoms. The summed E-state index contributed by atoms with van der Waals surface area (Å²) in [5.74, 6) is -0.309. The summed E-state index contributed by atoms with van der Waals surface area (Å²) in [6.07, 6.45) is 0. The molecule has 1 unspecified atom stereocenters. The molecule has 110 valence electrons. The maximum atomic E-state index is 12.3. The van der Waals surface area contributed by atoms with Gasteiger partial charge in [0.15, 0.2) is 0 Å². The number of para-hydroxylation sites is 1. The van der Waals surface area contributed by atoms with E-state index in [0.717, 1.165) is 21.2 Å². The van der Waals surface area contributed by atoms with Crippen LogP contribution < -0.4 is 10.4 Å². The number of carbonyl (C=O) groups is 1. The van der Waals surface area contributed by atoms with Crippen molar-refractivity contribution in [1.82, 2.24) is 5.48 Å². The third-order valence-corrected chi connectivity index (χ3v) is 5.13. The summed E-state index contributed by atoms with van der Waals surface area (Å²) in [6, 6.07) is 17.8. The largest absolute Gasteiger partial charge is 0.366 e. The topological polar surface area (TPSA) is 41.6 Å². The van der Waals surface area contributed by atoms with Crippen LogP contribution in [0.1, 0.15) is 11.6 Å². The van der Waals surface area contributed by atoms with Gasteiger partial charge in [-0.3, -0.25) is 0 Å². The number of anilines is 1. The minimum absolute atomic E-state index is 0.243. The lowest BCUT2D eigenvalue weighted by molar-refractivity contribution is -0.140. The molecule has 0 bridgehead atoms. The second-order valence-corrected chi connectivity index (χ2v) is 6.23. The van der Waals surface area contributed by atoms with Crippen LogP contribution >= 0.6 is 11.8 Å². The van der Waals surface area contributed by atoms with Crippen molar-refractivity contribution < 1.29 is 9.63 Å². The van der Waals surface area contributed by atoms with Crippen LogP contribution in [0.2, 0.25) is 0 Å². The van der Waals surface area contributed by atoms with Crippen molar-refractivity contribution in [2.24, 2.45) is 0 Å². The van der Waals surface area contributed by atoms with Gasteiger partial charge in [0, 0.05) is 11.9 Å². The first-order chi connectivity index (χ1) is 10.8. The lowest BCUT2D eigenvalue weighted by Crippen LogP contribution is -2.18. The molecule has 0 amide bonds. The molecule has 5 heteroatoms. The van der Waals surface area contributed by atoms with E-state index in [1.807, 2.05) is 49.5 Å². The Balaban J connectivity index is 1.81. The normalized spacial score (nSPS) is 23.6. The molecule has 4 rings (SSSR count). The Kier molecular flexibility index (Phi) is 3.17. The van der Waals surface area contributed by atoms with Crippen LogP contribution in [0.15, 0.2) is 70.1 Å². The van der Waals surface area contributed by atoms with Crippen LogP contribution in [0.4, 0.5) is 5.69 Å². The summed E-state index contributed by atoms with van der Waals surface area (Å²) in [5.41, 5.74) is 5.64. The smallest absolute Gasteiger partial charge is 0.357 e. The van der Waals surface area contributed by atoms with Crippen LogP contribution in [-0.2, 0) is 9.63 Å². The van der Waals surface area contributed by atoms with Gasteiger partial charge < -0.3 is 9.74 Å². The van der Waals surface area contributed by atoms with E-state index in [2.05, 4.69) is 22.5 Å². The molecule has 1 N–H and O–H groups in total. The van der Waals surface area contributed by atoms with Crippen molar-refractivity contribution in [3.05, 3.63) is 70.8 Å². The Morgan fingerprint density at radius 2 is 1.82 bits per heavy atom. The number of nitrogens with zero attached hydrogens (tertiary/aromatic N) is 1. The minimum atomic E-state index is -0.309. The van der Waals surface area contributed by atoms with Crippen LogP contribution in [0.3, 0.4) is 0 Å². The molecule has 2 aromatic carbocycles. The van der Waals surface area contributed by atoms with Gasteiger partial charge in [-0.1, -0.05) is 54.2 Å². The Bertz CT molecular complexity index is 773. The van der Waals surface area contributed by atoms with Crippen molar-refractivity contribution in [3.8, 4) is 0 Å². The predicted octanol–water partition coefficient (Wildman–Crippen LogP) is 3.24. The fraction of sp³-hybridized carbons (Fsp3) is 0.118. The van der Waals surface area contributed by atoms with E-state index in [9.17, 15) is 4.79 Å². The molecule has 2 aromatic rings. The standard InChI is InChI=1S/C17H14N2O2S/c1-19-12-9-5-6-10-13(12)22-16(19)14-15(18-21-17(14)20)11-7-3-2-4-8-11/h2-10,15,18H,1H3. The zero-order chi connectivity index (χ0) is 15.1. The molecular formula is C17H14N2O2S. The van der Waals surface area contributed by atoms with E-state index in [0.29, 0.717) is 5.57 Å². The monoisotopic (exact) mass is 310 g/mol. The number of carbonyl (C=O) groups excluding carboxylic acids is 1. The van der Waals surface area contributed by atoms with Crippen molar-refractivity contribution >= 4 is 23.4 Å². The third kappa shape index (κ3) is 2.01. The maximum Gasteiger partial charge on any atom is 0.357 e. The van der Waals surface area contributed by atoms with Gasteiger partial charge in [-0.25, -0.2) is 4.79 Å². The fourth-order valence-electron chi connectivity index (χ4n) is 2.77. The van der Waals surface area contributed by atoms with Gasteiger partial charge in [0.2, 0.25) is 0 Å². The molecule has 0 aliphatic carbocycles. The highest BCUT2D eigenvalue weighted by molar-refractivity contribution is 8.03. The molecule has 1 atom stereocenters. The van der Waals surface area contributed by atoms with Crippen LogP contribution in [0.25, 0.3) is 0 Å². The zero-order valence-electron chi connectivity index (χ0n) is 11.9. The number of fused-ring (bicyclic) bond motifs is 1. The van der Waals surface area contributed by atoms with Gasteiger partial charge in [0.1, 0.15) is 6.04 Å². The Labute approximate surface area is 132 Å². The number of thioether (sulfide) groups is 1. The number of benzene rings is 2. The minimum Gasteiger partial charge on any atom is -0.366 e. The number of hydrogen-bond donors (Lipinski definition) is 1. The molecular weight excluding hydrogens is 296 g/mol. The Hall–Kier alpha value is -2.24. The highest BCUT2D eigenvalue weighted by atomic mass is 32.2. The first kappa shape index (κ1) is 13.4. The number of hydroxylamine groups is 1. The zero-order valence-corrected chi connectivity index (χ0v) is 12.8. The van der Waals surface area contributed by atoms with Crippen LogP contribution in [-0.4, -0.2) is 13.0 Å². The first-order valence-corrected chi connectivity index (χ1v) is 7.84. The molecule has 2 aliphatic rings. The average Bonchev–Trinajstić information content (AvgIpc) is 3.09. The van der Waals surface area contributed by atoms with E-state index >= 15 is 0 Å². The molecule has 4 nitrogen and oxygen atoms in total. The van der Waals surface area contributed by atoms with Gasteiger partial charge in [-0.05, 0) is 17.7 Å². The molecule has 22 heavy (non-hydrogen) atoms. The third-order valence-electron chi connectivity index (χ3n) is 3.88. The van der Waals surface area contributed by atoms with Crippen molar-refractivity contribution in [3.63, 3.8) is 0 Å². The van der Waals surface area contributed by atoms with Gasteiger partial charge in [0.25, 0.3) is 0 Å². The molecule has 0 radical (unpaired) electrons. The quantitative estimate of drug-likeness (QED) is 0.819. The average molecular weight is 310 g/mol. The van der Waals surface area contributed by atoms with Crippen molar-refractivity contribution in [2.45, 2.75) is 10.9 Å². The molecule has 1 fully saturated rings. The molecule has 2 aliphatic heterocycles. The number of rotatable bonds is 1. The Morgan fingerprint density at radius 1 is 1.09 bits per heavy atom. The van der Waals surface area contributed by atoms with Gasteiger partial charge >= 0.3 is 5.97 Å². The maximum absolute atomic E-state index is 12.3. The molecule has 2 heterocycles. The Morgan fingerprint density at radius 3 is 2.59 bits per heavy atom. The predicted molar refractivity (Wildman–Crippen MR) is 86.1 cm³/mol. The molecule has 0 aromatic heterocycles. The summed E-state index contributed by atoms with van der Waals surface area (Å²) in [6.45, 7) is 0. The fourth-order valence-corrected chi connectivity index (χ4v) is 3.98. The van der Waals surface area contributed by atoms with E-state index in [-0.39, 0.29) is 12.0 Å².